The summed E-state index contributed by atoms with van der Waals surface area (Å²) in [5, 5.41) is 0. The van der Waals surface area contributed by atoms with Crippen LogP contribution in [0.3, 0.4) is 0 Å². The highest BCUT2D eigenvalue weighted by atomic mass is 16.7. The quantitative estimate of drug-likeness (QED) is 0.143. The Hall–Kier alpha value is -4.45. The van der Waals surface area contributed by atoms with E-state index in [4.69, 9.17) is 47.4 Å². The Kier molecular flexibility index (Phi) is 14.9. The van der Waals surface area contributed by atoms with Crippen LogP contribution in [0.2, 0.25) is 0 Å². The summed E-state index contributed by atoms with van der Waals surface area (Å²) in [7, 11) is 1.24. The Bertz CT molecular complexity index is 1250. The molecule has 47 heavy (non-hydrogen) atoms. The fourth-order valence-electron chi connectivity index (χ4n) is 4.73. The zero-order valence-corrected chi connectivity index (χ0v) is 27.0. The lowest BCUT2D eigenvalue weighted by Crippen LogP contribution is -2.62. The SMILES string of the molecule is CO[C@H]1O[C@H](CN=C=N[C@@H]2O[C@H](COC(C)=O)[C@@H](OC(C)=O)[C@H](OC(C)=O)[C@H]2OC(C)=O)[C@@H](OC(C)=O)[C@H](OC(C)=O)[C@H]1OC(C)=O. The maximum absolute atomic E-state index is 12.0. The van der Waals surface area contributed by atoms with E-state index in [0.29, 0.717) is 0 Å². The van der Waals surface area contributed by atoms with Crippen LogP contribution in [0.15, 0.2) is 9.98 Å². The number of carbonyl (C=O) groups is 7. The van der Waals surface area contributed by atoms with E-state index in [1.807, 2.05) is 0 Å². The minimum absolute atomic E-state index is 0.364. The van der Waals surface area contributed by atoms with E-state index in [0.717, 1.165) is 48.5 Å². The summed E-state index contributed by atoms with van der Waals surface area (Å²) >= 11 is 0. The highest BCUT2D eigenvalue weighted by molar-refractivity contribution is 5.69. The molecular weight excluding hydrogens is 636 g/mol. The summed E-state index contributed by atoms with van der Waals surface area (Å²) < 4.78 is 53.9. The molecule has 0 unspecified atom stereocenters. The first-order valence-electron chi connectivity index (χ1n) is 14.2. The van der Waals surface area contributed by atoms with E-state index in [2.05, 4.69) is 16.0 Å². The molecule has 2 aliphatic rings. The van der Waals surface area contributed by atoms with Gasteiger partial charge in [0.25, 0.3) is 0 Å². The van der Waals surface area contributed by atoms with Crippen LogP contribution in [0.1, 0.15) is 48.5 Å². The van der Waals surface area contributed by atoms with Crippen LogP contribution in [0, 0.1) is 0 Å². The van der Waals surface area contributed by atoms with Crippen LogP contribution in [-0.2, 0) is 80.9 Å². The molecule has 0 N–H and O–H groups in total. The van der Waals surface area contributed by atoms with E-state index in [-0.39, 0.29) is 6.54 Å². The van der Waals surface area contributed by atoms with Gasteiger partial charge in [0.05, 0.1) is 12.6 Å². The fourth-order valence-corrected chi connectivity index (χ4v) is 4.73. The van der Waals surface area contributed by atoms with Gasteiger partial charge in [-0.3, -0.25) is 33.6 Å². The topological polar surface area (TPSA) is 237 Å². The van der Waals surface area contributed by atoms with Crippen molar-refractivity contribution in [3.8, 4) is 0 Å². The second kappa shape index (κ2) is 18.0. The summed E-state index contributed by atoms with van der Waals surface area (Å²) in [5.41, 5.74) is 0. The summed E-state index contributed by atoms with van der Waals surface area (Å²) in [6.45, 7) is 6.81. The molecular formula is C28H38N2O17. The van der Waals surface area contributed by atoms with Crippen molar-refractivity contribution in [2.24, 2.45) is 9.98 Å². The van der Waals surface area contributed by atoms with Gasteiger partial charge in [-0.2, -0.15) is 4.99 Å². The minimum atomic E-state index is -1.50. The van der Waals surface area contributed by atoms with Crippen LogP contribution in [0.5, 0.6) is 0 Å². The van der Waals surface area contributed by atoms with Gasteiger partial charge in [0, 0.05) is 55.6 Å². The van der Waals surface area contributed by atoms with Crippen molar-refractivity contribution in [3.63, 3.8) is 0 Å². The molecule has 2 heterocycles. The first-order valence-corrected chi connectivity index (χ1v) is 14.2. The second-order valence-corrected chi connectivity index (χ2v) is 10.2. The number of hydrogen-bond donors (Lipinski definition) is 0. The van der Waals surface area contributed by atoms with Crippen molar-refractivity contribution in [2.75, 3.05) is 20.3 Å². The molecule has 2 saturated heterocycles. The largest absolute Gasteiger partial charge is 0.463 e. The monoisotopic (exact) mass is 674 g/mol. The van der Waals surface area contributed by atoms with Crippen LogP contribution < -0.4 is 0 Å². The zero-order valence-electron chi connectivity index (χ0n) is 27.0. The molecule has 0 saturated carbocycles. The molecule has 19 heteroatoms. The fraction of sp³-hybridized carbons (Fsp3) is 0.714. The Labute approximate surface area is 269 Å². The molecule has 10 atom stereocenters. The predicted octanol–water partition coefficient (Wildman–Crippen LogP) is -0.590. The predicted molar refractivity (Wildman–Crippen MR) is 149 cm³/mol. The van der Waals surface area contributed by atoms with E-state index in [9.17, 15) is 33.6 Å². The summed E-state index contributed by atoms with van der Waals surface area (Å²) in [5.74, 6) is -5.50. The van der Waals surface area contributed by atoms with Crippen LogP contribution in [0.4, 0.5) is 0 Å². The Morgan fingerprint density at radius 2 is 0.979 bits per heavy atom. The van der Waals surface area contributed by atoms with Crippen molar-refractivity contribution in [2.45, 2.75) is 110 Å². The smallest absolute Gasteiger partial charge is 0.303 e. The zero-order chi connectivity index (χ0) is 35.4. The Morgan fingerprint density at radius 3 is 1.45 bits per heavy atom. The second-order valence-electron chi connectivity index (χ2n) is 10.2. The first-order chi connectivity index (χ1) is 22.0. The number of hydrogen-bond acceptors (Lipinski definition) is 19. The van der Waals surface area contributed by atoms with Crippen LogP contribution >= 0.6 is 0 Å². The van der Waals surface area contributed by atoms with E-state index in [1.165, 1.54) is 7.11 Å². The molecule has 19 nitrogen and oxygen atoms in total. The molecule has 2 fully saturated rings. The summed E-state index contributed by atoms with van der Waals surface area (Å²) in [6.07, 6.45) is -13.6. The van der Waals surface area contributed by atoms with Crippen LogP contribution in [0.25, 0.3) is 0 Å². The molecule has 0 aromatic heterocycles. The molecule has 0 radical (unpaired) electrons. The van der Waals surface area contributed by atoms with Gasteiger partial charge in [0.1, 0.15) is 18.8 Å². The number of rotatable bonds is 12. The number of aliphatic imine (C=N–C) groups is 2. The van der Waals surface area contributed by atoms with Gasteiger partial charge in [0.2, 0.25) is 0 Å². The highest BCUT2D eigenvalue weighted by Crippen LogP contribution is 2.31. The molecule has 0 aromatic rings. The molecule has 0 spiro atoms. The third kappa shape index (κ3) is 12.0. The summed E-state index contributed by atoms with van der Waals surface area (Å²) in [6, 6.07) is 2.35. The minimum Gasteiger partial charge on any atom is -0.463 e. The number of nitrogens with zero attached hydrogens (tertiary/aromatic N) is 2. The number of ether oxygens (including phenoxy) is 10. The molecule has 2 rings (SSSR count). The average molecular weight is 675 g/mol. The van der Waals surface area contributed by atoms with E-state index >= 15 is 0 Å². The molecule has 0 amide bonds. The standard InChI is InChI=1S/C28H38N2O17/c1-12(31)39-10-20-22(41-14(3)33)23(42-15(4)34)25(44-17(6)36)27(46-20)30-11-29-9-19-21(40-13(2)32)24(43-16(5)35)26(45-18(7)37)28(38-8)47-19/h19-28H,9-10H2,1-8H3/t19-,20-,21-,22-,23+,24+,25-,26-,27-,28+/m1/s1. The van der Waals surface area contributed by atoms with Crippen LogP contribution in [-0.4, -0.2) is 129 Å². The van der Waals surface area contributed by atoms with Crippen molar-refractivity contribution in [1.82, 2.24) is 0 Å². The van der Waals surface area contributed by atoms with Gasteiger partial charge in [-0.05, 0) is 0 Å². The van der Waals surface area contributed by atoms with E-state index < -0.39 is 110 Å². The average Bonchev–Trinajstić information content (AvgIpc) is 2.94. The van der Waals surface area contributed by atoms with Crippen molar-refractivity contribution >= 4 is 47.8 Å². The third-order valence-corrected chi connectivity index (χ3v) is 6.22. The van der Waals surface area contributed by atoms with Crippen molar-refractivity contribution in [3.05, 3.63) is 0 Å². The van der Waals surface area contributed by atoms with E-state index in [1.54, 1.807) is 0 Å². The normalized spacial score (nSPS) is 29.9. The molecule has 2 aliphatic heterocycles. The number of carbonyl (C=O) groups excluding carboxylic acids is 7. The lowest BCUT2D eigenvalue weighted by atomic mass is 9.97. The van der Waals surface area contributed by atoms with Gasteiger partial charge >= 0.3 is 41.8 Å². The lowest BCUT2D eigenvalue weighted by Gasteiger charge is -2.43. The maximum atomic E-state index is 12.0. The first kappa shape index (κ1) is 38.7. The molecule has 0 aliphatic carbocycles. The van der Waals surface area contributed by atoms with Gasteiger partial charge in [-0.25, -0.2) is 4.99 Å². The Morgan fingerprint density at radius 1 is 0.553 bits per heavy atom. The van der Waals surface area contributed by atoms with Crippen molar-refractivity contribution in [1.29, 1.82) is 0 Å². The third-order valence-electron chi connectivity index (χ3n) is 6.22. The highest BCUT2D eigenvalue weighted by Gasteiger charge is 2.53. The Balaban J connectivity index is 2.49. The molecule has 262 valence electrons. The molecule has 0 aromatic carbocycles. The van der Waals surface area contributed by atoms with Gasteiger partial charge in [0.15, 0.2) is 49.1 Å². The molecule has 0 bridgehead atoms. The lowest BCUT2D eigenvalue weighted by molar-refractivity contribution is -0.296. The van der Waals surface area contributed by atoms with Crippen molar-refractivity contribution < 1.29 is 80.9 Å². The van der Waals surface area contributed by atoms with Gasteiger partial charge in [-0.15, -0.1) is 0 Å². The maximum Gasteiger partial charge on any atom is 0.303 e. The van der Waals surface area contributed by atoms with Gasteiger partial charge in [-0.1, -0.05) is 0 Å². The van der Waals surface area contributed by atoms with Gasteiger partial charge < -0.3 is 47.4 Å². The summed E-state index contributed by atoms with van der Waals surface area (Å²) in [4.78, 5) is 91.3. The number of methoxy groups -OCH3 is 1. The number of esters is 7.